The normalized spacial score (nSPS) is 11.2. The Hall–Kier alpha value is -3.12. The van der Waals surface area contributed by atoms with Crippen molar-refractivity contribution in [3.05, 3.63) is 64.4 Å². The molecule has 0 bridgehead atoms. The number of aromatic nitrogens is 3. The van der Waals surface area contributed by atoms with Crippen LogP contribution in [0, 0.1) is 13.8 Å². The van der Waals surface area contributed by atoms with Crippen LogP contribution < -0.4 is 10.1 Å². The van der Waals surface area contributed by atoms with Crippen molar-refractivity contribution in [3.8, 4) is 5.75 Å². The summed E-state index contributed by atoms with van der Waals surface area (Å²) < 4.78 is 7.15. The minimum absolute atomic E-state index is 0.116. The molecule has 1 N–H and O–H groups in total. The fraction of sp³-hybridized carbons (Fsp3) is 0.227. The van der Waals surface area contributed by atoms with Crippen molar-refractivity contribution in [2.75, 3.05) is 12.4 Å². The highest BCUT2D eigenvalue weighted by Gasteiger charge is 2.15. The number of rotatable bonds is 5. The Kier molecular flexibility index (Phi) is 5.11. The smallest absolute Gasteiger partial charge is 0.224 e. The third-order valence-corrected chi connectivity index (χ3v) is 5.29. The predicted octanol–water partition coefficient (Wildman–Crippen LogP) is 4.73. The molecule has 0 saturated carbocycles. The molecule has 0 saturated heterocycles. The Morgan fingerprint density at radius 1 is 1.21 bits per heavy atom. The third kappa shape index (κ3) is 3.63. The summed E-state index contributed by atoms with van der Waals surface area (Å²) in [6.45, 7) is 3.99. The van der Waals surface area contributed by atoms with Crippen LogP contribution in [0.25, 0.3) is 16.6 Å². The number of carbonyl (C=O) groups excluding carboxylic acids is 1. The number of fused-ring (bicyclic) bond motifs is 3. The lowest BCUT2D eigenvalue weighted by molar-refractivity contribution is -0.116. The summed E-state index contributed by atoms with van der Waals surface area (Å²) in [5.74, 6) is 0.455. The summed E-state index contributed by atoms with van der Waals surface area (Å²) in [6.07, 6.45) is 0.872. The molecule has 0 unspecified atom stereocenters. The predicted molar refractivity (Wildman–Crippen MR) is 115 cm³/mol. The van der Waals surface area contributed by atoms with Crippen molar-refractivity contribution >= 4 is 39.7 Å². The molecular weight excluding hydrogens is 388 g/mol. The average Bonchev–Trinajstić information content (AvgIpc) is 3.07. The van der Waals surface area contributed by atoms with Gasteiger partial charge in [-0.3, -0.25) is 4.79 Å². The number of methoxy groups -OCH3 is 1. The molecule has 29 heavy (non-hydrogen) atoms. The van der Waals surface area contributed by atoms with Crippen molar-refractivity contribution in [3.63, 3.8) is 0 Å². The zero-order valence-corrected chi connectivity index (χ0v) is 17.2. The number of hydrogen-bond donors (Lipinski definition) is 1. The summed E-state index contributed by atoms with van der Waals surface area (Å²) in [5.41, 5.74) is 5.24. The molecule has 0 fully saturated rings. The maximum absolute atomic E-state index is 12.5. The van der Waals surface area contributed by atoms with E-state index in [1.54, 1.807) is 25.3 Å². The number of amides is 1. The second kappa shape index (κ2) is 7.72. The van der Waals surface area contributed by atoms with Crippen LogP contribution in [0.4, 0.5) is 5.69 Å². The Morgan fingerprint density at radius 3 is 2.79 bits per heavy atom. The quantitative estimate of drug-likeness (QED) is 0.518. The zero-order chi connectivity index (χ0) is 20.5. The Morgan fingerprint density at radius 2 is 2.00 bits per heavy atom. The van der Waals surface area contributed by atoms with Crippen LogP contribution in [0.1, 0.15) is 23.4 Å². The van der Waals surface area contributed by atoms with E-state index in [2.05, 4.69) is 10.4 Å². The fourth-order valence-corrected chi connectivity index (χ4v) is 3.74. The van der Waals surface area contributed by atoms with Crippen LogP contribution in [0.3, 0.4) is 0 Å². The van der Waals surface area contributed by atoms with Crippen LogP contribution in [-0.4, -0.2) is 27.6 Å². The van der Waals surface area contributed by atoms with Gasteiger partial charge in [0.15, 0.2) is 5.65 Å². The molecule has 4 rings (SSSR count). The first-order chi connectivity index (χ1) is 14.0. The highest BCUT2D eigenvalue weighted by Crippen LogP contribution is 2.28. The second-order valence-corrected chi connectivity index (χ2v) is 7.34. The van der Waals surface area contributed by atoms with Gasteiger partial charge >= 0.3 is 0 Å². The van der Waals surface area contributed by atoms with Gasteiger partial charge in [-0.1, -0.05) is 23.7 Å². The van der Waals surface area contributed by atoms with Crippen molar-refractivity contribution in [1.82, 2.24) is 14.6 Å². The summed E-state index contributed by atoms with van der Waals surface area (Å²) in [4.78, 5) is 17.3. The van der Waals surface area contributed by atoms with Crippen LogP contribution in [0.5, 0.6) is 5.75 Å². The van der Waals surface area contributed by atoms with Crippen LogP contribution >= 0.6 is 11.6 Å². The molecule has 1 amide bonds. The van der Waals surface area contributed by atoms with E-state index in [-0.39, 0.29) is 5.91 Å². The topological polar surface area (TPSA) is 68.5 Å². The molecule has 7 heteroatoms. The third-order valence-electron chi connectivity index (χ3n) is 5.06. The summed E-state index contributed by atoms with van der Waals surface area (Å²) in [5, 5.41) is 9.10. The Balaban J connectivity index is 1.57. The minimum Gasteiger partial charge on any atom is -0.495 e. The van der Waals surface area contributed by atoms with E-state index in [4.69, 9.17) is 21.3 Å². The number of nitrogens with zero attached hydrogens (tertiary/aromatic N) is 3. The number of nitrogens with one attached hydrogen (secondary N) is 1. The van der Waals surface area contributed by atoms with Gasteiger partial charge in [-0.2, -0.15) is 5.10 Å². The average molecular weight is 409 g/mol. The fourth-order valence-electron chi connectivity index (χ4n) is 3.57. The van der Waals surface area contributed by atoms with Gasteiger partial charge in [0.25, 0.3) is 0 Å². The van der Waals surface area contributed by atoms with Gasteiger partial charge in [0.1, 0.15) is 5.75 Å². The molecule has 0 aliphatic heterocycles. The van der Waals surface area contributed by atoms with Crippen LogP contribution in [0.2, 0.25) is 5.02 Å². The molecule has 0 aliphatic carbocycles. The molecule has 0 spiro atoms. The molecule has 2 aromatic heterocycles. The summed E-state index contributed by atoms with van der Waals surface area (Å²) in [6, 6.07) is 13.1. The minimum atomic E-state index is -0.116. The van der Waals surface area contributed by atoms with E-state index >= 15 is 0 Å². The number of hydrogen-bond acceptors (Lipinski definition) is 4. The maximum Gasteiger partial charge on any atom is 0.224 e. The monoisotopic (exact) mass is 408 g/mol. The standard InChI is InChI=1S/C22H21ClN4O2/c1-13-16(9-11-21(28)25-19-12-15(23)8-10-20(19)29-3)14(2)27-22(24-13)17-6-4-5-7-18(17)26-27/h4-8,10,12H,9,11H2,1-3H3,(H,25,28). The van der Waals surface area contributed by atoms with Gasteiger partial charge in [0.05, 0.1) is 18.3 Å². The van der Waals surface area contributed by atoms with Crippen molar-refractivity contribution in [2.45, 2.75) is 26.7 Å². The van der Waals surface area contributed by atoms with Gasteiger partial charge in [-0.05, 0) is 56.2 Å². The number of ether oxygens (including phenoxy) is 1. The van der Waals surface area contributed by atoms with E-state index in [1.807, 2.05) is 42.6 Å². The summed E-state index contributed by atoms with van der Waals surface area (Å²) >= 11 is 6.04. The van der Waals surface area contributed by atoms with E-state index in [1.165, 1.54) is 0 Å². The second-order valence-electron chi connectivity index (χ2n) is 6.91. The number of aryl methyl sites for hydroxylation is 2. The highest BCUT2D eigenvalue weighted by atomic mass is 35.5. The lowest BCUT2D eigenvalue weighted by Crippen LogP contribution is -2.15. The molecule has 2 aromatic carbocycles. The van der Waals surface area contributed by atoms with Gasteiger partial charge in [0, 0.05) is 28.2 Å². The SMILES string of the molecule is COc1ccc(Cl)cc1NC(=O)CCc1c(C)nc2c3ccccc3nn2c1C. The lowest BCUT2D eigenvalue weighted by atomic mass is 10.1. The zero-order valence-electron chi connectivity index (χ0n) is 16.5. The first kappa shape index (κ1) is 19.2. The van der Waals surface area contributed by atoms with Crippen molar-refractivity contribution in [2.24, 2.45) is 0 Å². The first-order valence-electron chi connectivity index (χ1n) is 9.35. The first-order valence-corrected chi connectivity index (χ1v) is 9.72. The molecule has 148 valence electrons. The molecule has 2 heterocycles. The molecule has 4 aromatic rings. The van der Waals surface area contributed by atoms with Gasteiger partial charge in [-0.25, -0.2) is 9.50 Å². The van der Waals surface area contributed by atoms with Gasteiger partial charge in [-0.15, -0.1) is 0 Å². The number of halogens is 1. The molecular formula is C22H21ClN4O2. The number of anilines is 1. The number of benzene rings is 2. The van der Waals surface area contributed by atoms with Gasteiger partial charge in [0.2, 0.25) is 5.91 Å². The Bertz CT molecular complexity index is 1230. The Labute approximate surface area is 173 Å². The summed E-state index contributed by atoms with van der Waals surface area (Å²) in [7, 11) is 1.56. The van der Waals surface area contributed by atoms with E-state index in [0.717, 1.165) is 33.5 Å². The van der Waals surface area contributed by atoms with Crippen molar-refractivity contribution < 1.29 is 9.53 Å². The molecule has 6 nitrogen and oxygen atoms in total. The van der Waals surface area contributed by atoms with E-state index in [9.17, 15) is 4.79 Å². The van der Waals surface area contributed by atoms with Crippen LogP contribution in [0.15, 0.2) is 42.5 Å². The molecule has 0 radical (unpaired) electrons. The van der Waals surface area contributed by atoms with E-state index in [0.29, 0.717) is 29.3 Å². The van der Waals surface area contributed by atoms with Gasteiger partial charge < -0.3 is 10.1 Å². The molecule has 0 aliphatic rings. The molecule has 0 atom stereocenters. The van der Waals surface area contributed by atoms with Crippen LogP contribution in [-0.2, 0) is 11.2 Å². The largest absolute Gasteiger partial charge is 0.495 e. The maximum atomic E-state index is 12.5. The number of carbonyl (C=O) groups is 1. The van der Waals surface area contributed by atoms with E-state index < -0.39 is 0 Å². The highest BCUT2D eigenvalue weighted by molar-refractivity contribution is 6.31. The lowest BCUT2D eigenvalue weighted by Gasteiger charge is -2.13. The van der Waals surface area contributed by atoms with Crippen molar-refractivity contribution in [1.29, 1.82) is 0 Å².